The molecule has 0 aliphatic carbocycles. The third-order valence-electron chi connectivity index (χ3n) is 1.24. The SMILES string of the molecule is F[B-](F)(F)COc1cccc(I)c1. The average molecular weight is 301 g/mol. The minimum atomic E-state index is -4.86. The average Bonchev–Trinajstić information content (AvgIpc) is 2.00. The van der Waals surface area contributed by atoms with Gasteiger partial charge in [0.15, 0.2) is 0 Å². The predicted molar refractivity (Wildman–Crippen MR) is 53.7 cm³/mol. The standard InChI is InChI=1S/C7H6BF3IO/c9-8(10,11)5-13-7-3-1-2-6(12)4-7/h1-4H,5H2/q-1. The molecule has 0 radical (unpaired) electrons. The lowest BCUT2D eigenvalue weighted by atomic mass is 9.95. The van der Waals surface area contributed by atoms with Crippen LogP contribution in [-0.4, -0.2) is 13.5 Å². The molecule has 6 heteroatoms. The van der Waals surface area contributed by atoms with Gasteiger partial charge in [-0.15, -0.1) is 0 Å². The van der Waals surface area contributed by atoms with E-state index in [0.29, 0.717) is 0 Å². The fourth-order valence-corrected chi connectivity index (χ4v) is 1.26. The number of hydrogen-bond acceptors (Lipinski definition) is 1. The van der Waals surface area contributed by atoms with Gasteiger partial charge in [-0.2, -0.15) is 0 Å². The van der Waals surface area contributed by atoms with Crippen LogP contribution < -0.4 is 4.74 Å². The quantitative estimate of drug-likeness (QED) is 0.616. The maximum atomic E-state index is 11.8. The number of rotatable bonds is 3. The Kier molecular flexibility index (Phi) is 3.46. The van der Waals surface area contributed by atoms with Crippen LogP contribution in [0.1, 0.15) is 0 Å². The first-order chi connectivity index (χ1) is 5.97. The van der Waals surface area contributed by atoms with Gasteiger partial charge in [0.05, 0.1) is 6.51 Å². The molecular formula is C7H6BF3IO-. The number of hydrogen-bond donors (Lipinski definition) is 0. The van der Waals surface area contributed by atoms with Crippen molar-refractivity contribution in [3.63, 3.8) is 0 Å². The fraction of sp³-hybridized carbons (Fsp3) is 0.143. The molecule has 0 aromatic heterocycles. The summed E-state index contributed by atoms with van der Waals surface area (Å²) in [5.41, 5.74) is 0. The predicted octanol–water partition coefficient (Wildman–Crippen LogP) is 3.06. The van der Waals surface area contributed by atoms with Gasteiger partial charge in [0.25, 0.3) is 0 Å². The molecule has 0 saturated heterocycles. The third kappa shape index (κ3) is 4.40. The van der Waals surface area contributed by atoms with Gasteiger partial charge in [-0.05, 0) is 40.8 Å². The molecule has 0 atom stereocenters. The van der Waals surface area contributed by atoms with Crippen molar-refractivity contribution in [2.45, 2.75) is 0 Å². The van der Waals surface area contributed by atoms with E-state index in [9.17, 15) is 12.9 Å². The Labute approximate surface area is 87.5 Å². The van der Waals surface area contributed by atoms with Crippen molar-refractivity contribution >= 4 is 29.6 Å². The summed E-state index contributed by atoms with van der Waals surface area (Å²) in [6.07, 6.45) is 0. The second-order valence-corrected chi connectivity index (χ2v) is 3.72. The summed E-state index contributed by atoms with van der Waals surface area (Å²) in [5, 5.41) is 0. The van der Waals surface area contributed by atoms with Crippen molar-refractivity contribution in [1.82, 2.24) is 0 Å². The van der Waals surface area contributed by atoms with E-state index in [4.69, 9.17) is 0 Å². The number of halogens is 4. The van der Waals surface area contributed by atoms with Gasteiger partial charge in [0, 0.05) is 3.57 Å². The van der Waals surface area contributed by atoms with Crippen LogP contribution in [0.2, 0.25) is 0 Å². The molecule has 0 fully saturated rings. The first-order valence-electron chi connectivity index (χ1n) is 3.57. The monoisotopic (exact) mass is 301 g/mol. The Balaban J connectivity index is 2.55. The Morgan fingerprint density at radius 3 is 2.54 bits per heavy atom. The van der Waals surface area contributed by atoms with Crippen LogP contribution in [0.25, 0.3) is 0 Å². The van der Waals surface area contributed by atoms with Crippen molar-refractivity contribution in [3.05, 3.63) is 27.8 Å². The molecule has 0 saturated carbocycles. The Hall–Kier alpha value is -0.395. The van der Waals surface area contributed by atoms with E-state index >= 15 is 0 Å². The molecule has 0 aliphatic heterocycles. The van der Waals surface area contributed by atoms with E-state index in [1.165, 1.54) is 6.07 Å². The minimum Gasteiger partial charge on any atom is -0.522 e. The summed E-state index contributed by atoms with van der Waals surface area (Å²) in [6.45, 7) is -6.04. The fourth-order valence-electron chi connectivity index (χ4n) is 0.747. The summed E-state index contributed by atoms with van der Waals surface area (Å²) < 4.78 is 40.7. The van der Waals surface area contributed by atoms with Gasteiger partial charge in [-0.3, -0.25) is 0 Å². The highest BCUT2D eigenvalue weighted by molar-refractivity contribution is 14.1. The highest BCUT2D eigenvalue weighted by Gasteiger charge is 2.24. The molecule has 0 heterocycles. The zero-order valence-electron chi connectivity index (χ0n) is 6.51. The highest BCUT2D eigenvalue weighted by atomic mass is 127. The maximum Gasteiger partial charge on any atom is 0.515 e. The summed E-state index contributed by atoms with van der Waals surface area (Å²) in [6, 6.07) is 6.50. The molecular weight excluding hydrogens is 295 g/mol. The van der Waals surface area contributed by atoms with Crippen molar-refractivity contribution in [2.75, 3.05) is 6.51 Å². The molecule has 0 amide bonds. The number of benzene rings is 1. The molecule has 0 unspecified atom stereocenters. The van der Waals surface area contributed by atoms with Gasteiger partial charge >= 0.3 is 6.98 Å². The van der Waals surface area contributed by atoms with E-state index in [0.717, 1.165) is 3.57 Å². The lowest BCUT2D eigenvalue weighted by Crippen LogP contribution is -2.26. The zero-order chi connectivity index (χ0) is 9.90. The largest absolute Gasteiger partial charge is 0.522 e. The molecule has 0 spiro atoms. The van der Waals surface area contributed by atoms with Crippen LogP contribution in [-0.2, 0) is 0 Å². The molecule has 1 aromatic rings. The summed E-state index contributed by atoms with van der Waals surface area (Å²) in [5.74, 6) is 0.256. The second kappa shape index (κ2) is 4.21. The second-order valence-electron chi connectivity index (χ2n) is 2.48. The first-order valence-corrected chi connectivity index (χ1v) is 4.64. The Morgan fingerprint density at radius 1 is 1.31 bits per heavy atom. The molecule has 72 valence electrons. The third-order valence-corrected chi connectivity index (χ3v) is 1.91. The molecule has 0 N–H and O–H groups in total. The van der Waals surface area contributed by atoms with Crippen molar-refractivity contribution in [2.24, 2.45) is 0 Å². The normalized spacial score (nSPS) is 11.4. The van der Waals surface area contributed by atoms with E-state index in [2.05, 4.69) is 4.74 Å². The van der Waals surface area contributed by atoms with Crippen LogP contribution in [0.4, 0.5) is 12.9 Å². The lowest BCUT2D eigenvalue weighted by molar-refractivity contribution is 0.313. The highest BCUT2D eigenvalue weighted by Crippen LogP contribution is 2.17. The van der Waals surface area contributed by atoms with Crippen LogP contribution in [0.3, 0.4) is 0 Å². The van der Waals surface area contributed by atoms with Gasteiger partial charge in [-0.25, -0.2) is 0 Å². The van der Waals surface area contributed by atoms with Crippen LogP contribution >= 0.6 is 22.6 Å². The first kappa shape index (κ1) is 10.7. The summed E-state index contributed by atoms with van der Waals surface area (Å²) in [4.78, 5) is 0. The van der Waals surface area contributed by atoms with Crippen molar-refractivity contribution in [3.8, 4) is 5.75 Å². The van der Waals surface area contributed by atoms with Gasteiger partial charge < -0.3 is 17.7 Å². The molecule has 1 aromatic carbocycles. The maximum absolute atomic E-state index is 11.8. The lowest BCUT2D eigenvalue weighted by Gasteiger charge is -2.14. The molecule has 1 nitrogen and oxygen atoms in total. The summed E-state index contributed by atoms with van der Waals surface area (Å²) in [7, 11) is 0. The molecule has 0 bridgehead atoms. The van der Waals surface area contributed by atoms with Crippen LogP contribution in [0.5, 0.6) is 5.75 Å². The Morgan fingerprint density at radius 2 is 2.00 bits per heavy atom. The topological polar surface area (TPSA) is 9.23 Å². The van der Waals surface area contributed by atoms with Gasteiger partial charge in [0.1, 0.15) is 5.75 Å². The van der Waals surface area contributed by atoms with Crippen molar-refractivity contribution in [1.29, 1.82) is 0 Å². The molecule has 0 aliphatic rings. The smallest absolute Gasteiger partial charge is 0.515 e. The zero-order valence-corrected chi connectivity index (χ0v) is 8.67. The van der Waals surface area contributed by atoms with Crippen molar-refractivity contribution < 1.29 is 17.7 Å². The van der Waals surface area contributed by atoms with Crippen LogP contribution in [0, 0.1) is 3.57 Å². The van der Waals surface area contributed by atoms with E-state index in [-0.39, 0.29) is 5.75 Å². The van der Waals surface area contributed by atoms with E-state index in [1.807, 2.05) is 22.6 Å². The minimum absolute atomic E-state index is 0.256. The molecule has 1 rings (SSSR count). The van der Waals surface area contributed by atoms with Gasteiger partial charge in [0.2, 0.25) is 0 Å². The van der Waals surface area contributed by atoms with E-state index < -0.39 is 13.5 Å². The van der Waals surface area contributed by atoms with Gasteiger partial charge in [-0.1, -0.05) is 6.07 Å². The Bertz CT molecular complexity index is 289. The number of ether oxygens (including phenoxy) is 1. The summed E-state index contributed by atoms with van der Waals surface area (Å²) >= 11 is 2.01. The molecule has 13 heavy (non-hydrogen) atoms. The van der Waals surface area contributed by atoms with E-state index in [1.54, 1.807) is 18.2 Å². The van der Waals surface area contributed by atoms with Crippen LogP contribution in [0.15, 0.2) is 24.3 Å².